The number of carbonyl (C=O) groups is 3. The van der Waals surface area contributed by atoms with Gasteiger partial charge in [0.25, 0.3) is 5.91 Å². The lowest BCUT2D eigenvalue weighted by Crippen LogP contribution is -2.54. The molecule has 5 rings (SSSR count). The second-order valence-corrected chi connectivity index (χ2v) is 9.32. The molecule has 0 bridgehead atoms. The number of rotatable bonds is 5. The molecular weight excluding hydrogens is 432 g/mol. The molecule has 4 atom stereocenters. The standard InChI is InChI=1S/C23H25ClN4O4/c24-17-11-28(20-18(29)12-32-21(17)20)23(31)19(13-4-1-2-5-13)27-22(30)15-7-3-6-14(8-15)16-9-25-26-10-16/h3,6-10,13,17,19-21H,1-2,4-5,11-12H2,(H,25,26)(H,27,30)/t17-,19-,20+,21+/m0/s1. The number of halogens is 1. The highest BCUT2D eigenvalue weighted by Gasteiger charge is 2.53. The van der Waals surface area contributed by atoms with Crippen LogP contribution in [0.3, 0.4) is 0 Å². The first-order valence-corrected chi connectivity index (χ1v) is 11.5. The topological polar surface area (TPSA) is 104 Å². The predicted molar refractivity (Wildman–Crippen MR) is 117 cm³/mol. The van der Waals surface area contributed by atoms with E-state index in [1.54, 1.807) is 30.6 Å². The molecule has 1 aliphatic carbocycles. The van der Waals surface area contributed by atoms with E-state index in [4.69, 9.17) is 16.3 Å². The van der Waals surface area contributed by atoms with Crippen LogP contribution in [0.15, 0.2) is 36.7 Å². The summed E-state index contributed by atoms with van der Waals surface area (Å²) in [5.41, 5.74) is 2.20. The van der Waals surface area contributed by atoms with E-state index in [2.05, 4.69) is 15.5 Å². The third-order valence-electron chi connectivity index (χ3n) is 6.79. The zero-order valence-electron chi connectivity index (χ0n) is 17.5. The molecule has 32 heavy (non-hydrogen) atoms. The fraction of sp³-hybridized carbons (Fsp3) is 0.478. The average Bonchev–Trinajstić information content (AvgIpc) is 3.59. The van der Waals surface area contributed by atoms with Gasteiger partial charge in [0.1, 0.15) is 24.8 Å². The molecule has 9 heteroatoms. The Kier molecular flexibility index (Phi) is 5.73. The summed E-state index contributed by atoms with van der Waals surface area (Å²) < 4.78 is 5.52. The first-order valence-electron chi connectivity index (χ1n) is 11.0. The number of amides is 2. The molecule has 3 fully saturated rings. The summed E-state index contributed by atoms with van der Waals surface area (Å²) in [6.45, 7) is 0.222. The number of aromatic amines is 1. The Morgan fingerprint density at radius 2 is 2.06 bits per heavy atom. The van der Waals surface area contributed by atoms with Crippen LogP contribution in [-0.2, 0) is 14.3 Å². The number of Topliss-reactive ketones (excluding diaryl/α,β-unsaturated/α-hetero) is 1. The molecule has 1 aromatic carbocycles. The number of carbonyl (C=O) groups excluding carboxylic acids is 3. The number of benzene rings is 1. The molecular formula is C23H25ClN4O4. The van der Waals surface area contributed by atoms with Crippen LogP contribution in [0.4, 0.5) is 0 Å². The Morgan fingerprint density at radius 3 is 2.81 bits per heavy atom. The first-order chi connectivity index (χ1) is 15.5. The molecule has 0 unspecified atom stereocenters. The number of aromatic nitrogens is 2. The Morgan fingerprint density at radius 1 is 1.25 bits per heavy atom. The highest BCUT2D eigenvalue weighted by atomic mass is 35.5. The van der Waals surface area contributed by atoms with Crippen molar-refractivity contribution in [2.45, 2.75) is 49.2 Å². The van der Waals surface area contributed by atoms with E-state index in [1.807, 2.05) is 6.07 Å². The van der Waals surface area contributed by atoms with Gasteiger partial charge >= 0.3 is 0 Å². The van der Waals surface area contributed by atoms with Crippen LogP contribution in [0.25, 0.3) is 11.1 Å². The number of nitrogens with zero attached hydrogens (tertiary/aromatic N) is 2. The normalized spacial score (nSPS) is 26.3. The zero-order valence-corrected chi connectivity index (χ0v) is 18.3. The van der Waals surface area contributed by atoms with Crippen molar-refractivity contribution in [3.8, 4) is 11.1 Å². The van der Waals surface area contributed by atoms with Gasteiger partial charge in [-0.15, -0.1) is 11.6 Å². The monoisotopic (exact) mass is 456 g/mol. The van der Waals surface area contributed by atoms with Crippen LogP contribution in [0, 0.1) is 5.92 Å². The largest absolute Gasteiger partial charge is 0.366 e. The van der Waals surface area contributed by atoms with Crippen molar-refractivity contribution in [1.82, 2.24) is 20.4 Å². The second-order valence-electron chi connectivity index (χ2n) is 8.76. The summed E-state index contributed by atoms with van der Waals surface area (Å²) in [5.74, 6) is -0.648. The van der Waals surface area contributed by atoms with Crippen LogP contribution < -0.4 is 5.32 Å². The molecule has 0 radical (unpaired) electrons. The number of H-pyrrole nitrogens is 1. The Bertz CT molecular complexity index is 1020. The van der Waals surface area contributed by atoms with Crippen molar-refractivity contribution in [3.05, 3.63) is 42.2 Å². The number of likely N-dealkylation sites (tertiary alicyclic amines) is 1. The fourth-order valence-electron chi connectivity index (χ4n) is 5.15. The van der Waals surface area contributed by atoms with Gasteiger partial charge in [-0.1, -0.05) is 25.0 Å². The minimum absolute atomic E-state index is 0.0242. The lowest BCUT2D eigenvalue weighted by atomic mass is 9.95. The van der Waals surface area contributed by atoms with Crippen molar-refractivity contribution in [2.24, 2.45) is 5.92 Å². The van der Waals surface area contributed by atoms with Crippen molar-refractivity contribution in [1.29, 1.82) is 0 Å². The molecule has 2 N–H and O–H groups in total. The van der Waals surface area contributed by atoms with Crippen LogP contribution in [-0.4, -0.2) is 69.4 Å². The van der Waals surface area contributed by atoms with Crippen molar-refractivity contribution in [2.75, 3.05) is 13.2 Å². The van der Waals surface area contributed by atoms with Crippen molar-refractivity contribution < 1.29 is 19.1 Å². The number of hydrogen-bond acceptors (Lipinski definition) is 5. The van der Waals surface area contributed by atoms with Crippen LogP contribution in [0.5, 0.6) is 0 Å². The SMILES string of the molecule is O=C(N[C@H](C(=O)N1C[C@H](Cl)[C@H]2OCC(=O)[C@H]21)C1CCCC1)c1cccc(-c2cn[nH]c2)c1. The number of hydrogen-bond donors (Lipinski definition) is 2. The van der Waals surface area contributed by atoms with E-state index in [1.165, 1.54) is 4.90 Å². The summed E-state index contributed by atoms with van der Waals surface area (Å²) in [4.78, 5) is 40.7. The summed E-state index contributed by atoms with van der Waals surface area (Å²) in [6.07, 6.45) is 6.74. The first kappa shape index (κ1) is 21.2. The minimum atomic E-state index is -0.696. The van der Waals surface area contributed by atoms with Crippen LogP contribution in [0.2, 0.25) is 0 Å². The Balaban J connectivity index is 1.38. The predicted octanol–water partition coefficient (Wildman–Crippen LogP) is 2.15. The second kappa shape index (κ2) is 8.67. The highest BCUT2D eigenvalue weighted by Crippen LogP contribution is 2.34. The van der Waals surface area contributed by atoms with Crippen molar-refractivity contribution in [3.63, 3.8) is 0 Å². The molecule has 2 amide bonds. The molecule has 2 aliphatic heterocycles. The minimum Gasteiger partial charge on any atom is -0.366 e. The molecule has 168 valence electrons. The Hall–Kier alpha value is -2.71. The van der Waals surface area contributed by atoms with E-state index in [-0.39, 0.29) is 36.7 Å². The van der Waals surface area contributed by atoms with Gasteiger partial charge in [0.05, 0.1) is 11.6 Å². The molecule has 1 aromatic heterocycles. The quantitative estimate of drug-likeness (QED) is 0.671. The van der Waals surface area contributed by atoms with E-state index < -0.39 is 23.6 Å². The average molecular weight is 457 g/mol. The number of alkyl halides is 1. The fourth-order valence-corrected chi connectivity index (χ4v) is 5.51. The smallest absolute Gasteiger partial charge is 0.251 e. The summed E-state index contributed by atoms with van der Waals surface area (Å²) in [5, 5.41) is 9.28. The number of fused-ring (bicyclic) bond motifs is 1. The van der Waals surface area contributed by atoms with Gasteiger partial charge in [-0.3, -0.25) is 19.5 Å². The van der Waals surface area contributed by atoms with E-state index in [0.717, 1.165) is 36.8 Å². The number of ether oxygens (including phenoxy) is 1. The van der Waals surface area contributed by atoms with Crippen LogP contribution >= 0.6 is 11.6 Å². The lowest BCUT2D eigenvalue weighted by molar-refractivity contribution is -0.139. The molecule has 3 heterocycles. The van der Waals surface area contributed by atoms with Gasteiger partial charge in [-0.25, -0.2) is 0 Å². The molecule has 2 aromatic rings. The third kappa shape index (κ3) is 3.82. The summed E-state index contributed by atoms with van der Waals surface area (Å²) in [7, 11) is 0. The number of nitrogens with one attached hydrogen (secondary N) is 2. The van der Waals surface area contributed by atoms with Gasteiger partial charge in [-0.05, 0) is 36.5 Å². The highest BCUT2D eigenvalue weighted by molar-refractivity contribution is 6.22. The Labute approximate surface area is 190 Å². The van der Waals surface area contributed by atoms with Gasteiger partial charge in [-0.2, -0.15) is 5.10 Å². The molecule has 8 nitrogen and oxygen atoms in total. The third-order valence-corrected chi connectivity index (χ3v) is 7.17. The molecule has 2 saturated heterocycles. The van der Waals surface area contributed by atoms with Crippen molar-refractivity contribution >= 4 is 29.2 Å². The summed E-state index contributed by atoms with van der Waals surface area (Å²) in [6, 6.07) is 5.86. The van der Waals surface area contributed by atoms with E-state index in [0.29, 0.717) is 5.56 Å². The van der Waals surface area contributed by atoms with E-state index >= 15 is 0 Å². The maximum Gasteiger partial charge on any atom is 0.251 e. The molecule has 1 saturated carbocycles. The zero-order chi connectivity index (χ0) is 22.2. The van der Waals surface area contributed by atoms with Gasteiger partial charge in [0.15, 0.2) is 5.78 Å². The maximum atomic E-state index is 13.6. The van der Waals surface area contributed by atoms with Gasteiger partial charge in [0.2, 0.25) is 5.91 Å². The molecule has 0 spiro atoms. The van der Waals surface area contributed by atoms with Crippen LogP contribution in [0.1, 0.15) is 36.0 Å². The number of ketones is 1. The van der Waals surface area contributed by atoms with E-state index in [9.17, 15) is 14.4 Å². The molecule has 3 aliphatic rings. The lowest BCUT2D eigenvalue weighted by Gasteiger charge is -2.30. The van der Waals surface area contributed by atoms with Gasteiger partial charge < -0.3 is 15.0 Å². The van der Waals surface area contributed by atoms with Gasteiger partial charge in [0, 0.05) is 23.9 Å². The summed E-state index contributed by atoms with van der Waals surface area (Å²) >= 11 is 6.38. The maximum absolute atomic E-state index is 13.6.